The van der Waals surface area contributed by atoms with E-state index in [4.69, 9.17) is 0 Å². The Labute approximate surface area is 93.7 Å². The Balaban J connectivity index is 2.03. The molecule has 0 aromatic carbocycles. The van der Waals surface area contributed by atoms with Gasteiger partial charge in [0.15, 0.2) is 0 Å². The zero-order chi connectivity index (χ0) is 10.8. The number of fused-ring (bicyclic) bond motifs is 1. The van der Waals surface area contributed by atoms with Gasteiger partial charge in [0.25, 0.3) is 0 Å². The molecule has 0 aromatic heterocycles. The maximum atomic E-state index is 9.72. The van der Waals surface area contributed by atoms with E-state index in [0.717, 1.165) is 12.0 Å². The van der Waals surface area contributed by atoms with Crippen molar-refractivity contribution in [3.8, 4) is 0 Å². The summed E-state index contributed by atoms with van der Waals surface area (Å²) in [5.74, 6) is 0.925. The van der Waals surface area contributed by atoms with Crippen molar-refractivity contribution in [3.05, 3.63) is 0 Å². The fourth-order valence-corrected chi connectivity index (χ4v) is 3.45. The lowest BCUT2D eigenvalue weighted by atomic mass is 9.77. The maximum absolute atomic E-state index is 9.72. The van der Waals surface area contributed by atoms with Crippen molar-refractivity contribution in [3.63, 3.8) is 0 Å². The van der Waals surface area contributed by atoms with Crippen molar-refractivity contribution in [2.45, 2.75) is 70.6 Å². The molecule has 2 rings (SSSR count). The van der Waals surface area contributed by atoms with Crippen LogP contribution in [0.15, 0.2) is 0 Å². The lowest BCUT2D eigenvalue weighted by Gasteiger charge is -2.47. The predicted molar refractivity (Wildman–Crippen MR) is 62.8 cm³/mol. The summed E-state index contributed by atoms with van der Waals surface area (Å²) in [6.45, 7) is 5.31. The number of hydrogen-bond donors (Lipinski definition) is 1. The largest absolute Gasteiger partial charge is 0.392 e. The van der Waals surface area contributed by atoms with Crippen molar-refractivity contribution in [1.29, 1.82) is 0 Å². The van der Waals surface area contributed by atoms with Crippen molar-refractivity contribution >= 4 is 0 Å². The van der Waals surface area contributed by atoms with E-state index < -0.39 is 0 Å². The predicted octanol–water partition coefficient (Wildman–Crippen LogP) is 2.41. The highest BCUT2D eigenvalue weighted by atomic mass is 16.3. The normalized spacial score (nSPS) is 37.0. The van der Waals surface area contributed by atoms with Crippen molar-refractivity contribution < 1.29 is 5.11 Å². The highest BCUT2D eigenvalue weighted by molar-refractivity contribution is 4.90. The van der Waals surface area contributed by atoms with Crippen LogP contribution >= 0.6 is 0 Å². The van der Waals surface area contributed by atoms with E-state index in [0.29, 0.717) is 6.04 Å². The third kappa shape index (κ3) is 2.36. The Morgan fingerprint density at radius 3 is 2.47 bits per heavy atom. The van der Waals surface area contributed by atoms with Gasteiger partial charge in [0.2, 0.25) is 0 Å². The third-order valence-electron chi connectivity index (χ3n) is 4.51. The summed E-state index contributed by atoms with van der Waals surface area (Å²) in [4.78, 5) is 2.58. The molecule has 15 heavy (non-hydrogen) atoms. The summed E-state index contributed by atoms with van der Waals surface area (Å²) in [6, 6.07) is 1.12. The van der Waals surface area contributed by atoms with Gasteiger partial charge in [-0.1, -0.05) is 12.8 Å². The second-order valence-electron chi connectivity index (χ2n) is 5.47. The van der Waals surface area contributed by atoms with Crippen LogP contribution in [-0.4, -0.2) is 34.7 Å². The molecule has 0 amide bonds. The van der Waals surface area contributed by atoms with Gasteiger partial charge in [0, 0.05) is 12.1 Å². The minimum absolute atomic E-state index is 0.189. The Bertz CT molecular complexity index is 203. The fourth-order valence-electron chi connectivity index (χ4n) is 3.45. The minimum Gasteiger partial charge on any atom is -0.392 e. The number of nitrogens with zero attached hydrogens (tertiary/aromatic N) is 1. The molecule has 88 valence electrons. The number of piperidine rings is 1. The average Bonchev–Trinajstić information content (AvgIpc) is 2.27. The van der Waals surface area contributed by atoms with Crippen LogP contribution in [0.25, 0.3) is 0 Å². The molecule has 2 nitrogen and oxygen atoms in total. The topological polar surface area (TPSA) is 23.5 Å². The molecule has 2 fully saturated rings. The van der Waals surface area contributed by atoms with Crippen LogP contribution in [0.4, 0.5) is 0 Å². The van der Waals surface area contributed by atoms with Gasteiger partial charge >= 0.3 is 0 Å². The maximum Gasteiger partial charge on any atom is 0.0664 e. The number of aliphatic hydroxyl groups is 1. The van der Waals surface area contributed by atoms with E-state index >= 15 is 0 Å². The number of likely N-dealkylation sites (tertiary alicyclic amines) is 1. The van der Waals surface area contributed by atoms with Gasteiger partial charge in [-0.3, -0.25) is 4.90 Å². The molecule has 2 heteroatoms. The molecular weight excluding hydrogens is 186 g/mol. The van der Waals surface area contributed by atoms with E-state index in [-0.39, 0.29) is 6.10 Å². The Morgan fingerprint density at radius 2 is 1.73 bits per heavy atom. The van der Waals surface area contributed by atoms with Crippen LogP contribution in [0.3, 0.4) is 0 Å². The van der Waals surface area contributed by atoms with Gasteiger partial charge in [-0.25, -0.2) is 0 Å². The molecule has 2 aliphatic rings. The molecule has 2 unspecified atom stereocenters. The van der Waals surface area contributed by atoms with Crippen LogP contribution in [0.1, 0.15) is 52.4 Å². The van der Waals surface area contributed by atoms with Gasteiger partial charge in [0.05, 0.1) is 6.10 Å². The molecule has 1 N–H and O–H groups in total. The summed E-state index contributed by atoms with van der Waals surface area (Å²) in [6.07, 6.45) is 8.18. The molecule has 1 saturated carbocycles. The molecule has 1 aliphatic heterocycles. The minimum atomic E-state index is -0.189. The Hall–Kier alpha value is -0.0800. The first-order chi connectivity index (χ1) is 7.20. The Morgan fingerprint density at radius 1 is 1.07 bits per heavy atom. The molecule has 4 atom stereocenters. The van der Waals surface area contributed by atoms with Crippen LogP contribution in [0, 0.1) is 5.92 Å². The first-order valence-corrected chi connectivity index (χ1v) is 6.64. The van der Waals surface area contributed by atoms with Gasteiger partial charge in [0.1, 0.15) is 0 Å². The van der Waals surface area contributed by atoms with Crippen molar-refractivity contribution in [1.82, 2.24) is 4.90 Å². The molecule has 1 heterocycles. The lowest BCUT2D eigenvalue weighted by molar-refractivity contribution is -0.0141. The van der Waals surface area contributed by atoms with Crippen molar-refractivity contribution in [2.75, 3.05) is 6.54 Å². The summed E-state index contributed by atoms with van der Waals surface area (Å²) in [7, 11) is 0. The zero-order valence-corrected chi connectivity index (χ0v) is 10.2. The van der Waals surface area contributed by atoms with Crippen LogP contribution in [-0.2, 0) is 0 Å². The molecule has 0 spiro atoms. The average molecular weight is 211 g/mol. The zero-order valence-electron chi connectivity index (χ0n) is 10.2. The van der Waals surface area contributed by atoms with E-state index in [9.17, 15) is 5.11 Å². The van der Waals surface area contributed by atoms with E-state index in [2.05, 4.69) is 11.8 Å². The van der Waals surface area contributed by atoms with Gasteiger partial charge in [-0.2, -0.15) is 0 Å². The molecule has 0 radical (unpaired) electrons. The van der Waals surface area contributed by atoms with Crippen LogP contribution in [0.5, 0.6) is 0 Å². The fraction of sp³-hybridized carbons (Fsp3) is 1.00. The highest BCUT2D eigenvalue weighted by Gasteiger charge is 2.36. The van der Waals surface area contributed by atoms with E-state index in [1.165, 1.54) is 45.1 Å². The molecular formula is C13H25NO. The summed E-state index contributed by atoms with van der Waals surface area (Å²) in [5, 5.41) is 9.72. The smallest absolute Gasteiger partial charge is 0.0664 e. The second kappa shape index (κ2) is 4.84. The van der Waals surface area contributed by atoms with Crippen molar-refractivity contribution in [2.24, 2.45) is 5.92 Å². The summed E-state index contributed by atoms with van der Waals surface area (Å²) in [5.41, 5.74) is 0. The molecule has 0 bridgehead atoms. The molecule has 1 saturated heterocycles. The Kier molecular flexibility index (Phi) is 3.68. The molecule has 1 aliphatic carbocycles. The van der Waals surface area contributed by atoms with Gasteiger partial charge in [-0.05, 0) is 52.0 Å². The van der Waals surface area contributed by atoms with E-state index in [1.807, 2.05) is 6.92 Å². The first kappa shape index (κ1) is 11.4. The van der Waals surface area contributed by atoms with Gasteiger partial charge < -0.3 is 5.11 Å². The highest BCUT2D eigenvalue weighted by Crippen LogP contribution is 2.36. The third-order valence-corrected chi connectivity index (χ3v) is 4.51. The number of aliphatic hydroxyl groups excluding tert-OH is 1. The summed E-state index contributed by atoms with van der Waals surface area (Å²) < 4.78 is 0. The monoisotopic (exact) mass is 211 g/mol. The number of hydrogen-bond acceptors (Lipinski definition) is 2. The summed E-state index contributed by atoms with van der Waals surface area (Å²) >= 11 is 0. The molecule has 0 aromatic rings. The van der Waals surface area contributed by atoms with Crippen LogP contribution in [0.2, 0.25) is 0 Å². The standard InChI is InChI=1S/C13H25NO/c1-10(11(2)15)14-9-5-7-12-6-3-4-8-13(12)14/h10-13,15H,3-9H2,1-2H3/t10?,11?,12-,13-/m1/s1. The first-order valence-electron chi connectivity index (χ1n) is 6.64. The second-order valence-corrected chi connectivity index (χ2v) is 5.47. The van der Waals surface area contributed by atoms with Gasteiger partial charge in [-0.15, -0.1) is 0 Å². The quantitative estimate of drug-likeness (QED) is 0.758. The number of rotatable bonds is 2. The van der Waals surface area contributed by atoms with Crippen LogP contribution < -0.4 is 0 Å². The van der Waals surface area contributed by atoms with E-state index in [1.54, 1.807) is 0 Å². The SMILES string of the molecule is CC(O)C(C)N1CCC[C@H]2CCCC[C@H]21. The lowest BCUT2D eigenvalue weighted by Crippen LogP contribution is -2.53.